The Morgan fingerprint density at radius 3 is 2.52 bits per heavy atom. The van der Waals surface area contributed by atoms with E-state index in [1.54, 1.807) is 12.1 Å². The highest BCUT2D eigenvalue weighted by Crippen LogP contribution is 2.20. The lowest BCUT2D eigenvalue weighted by atomic mass is 10.1. The van der Waals surface area contributed by atoms with E-state index in [0.29, 0.717) is 17.7 Å². The van der Waals surface area contributed by atoms with Crippen molar-refractivity contribution in [2.45, 2.75) is 33.2 Å². The molecule has 0 aliphatic rings. The van der Waals surface area contributed by atoms with Gasteiger partial charge in [0.15, 0.2) is 12.4 Å². The lowest BCUT2D eigenvalue weighted by Crippen LogP contribution is -2.19. The van der Waals surface area contributed by atoms with E-state index in [4.69, 9.17) is 15.3 Å². The normalized spacial score (nSPS) is 12.1. The molecule has 0 aliphatic carbocycles. The molecule has 2 N–H and O–H groups in total. The van der Waals surface area contributed by atoms with Crippen LogP contribution in [0.5, 0.6) is 5.75 Å². The zero-order chi connectivity index (χ0) is 22.4. The van der Waals surface area contributed by atoms with Crippen LogP contribution in [0, 0.1) is 13.8 Å². The van der Waals surface area contributed by atoms with Gasteiger partial charge in [-0.05, 0) is 49.2 Å². The highest BCUT2D eigenvalue weighted by Gasteiger charge is 2.28. The van der Waals surface area contributed by atoms with E-state index >= 15 is 0 Å². The summed E-state index contributed by atoms with van der Waals surface area (Å²) in [7, 11) is 0. The van der Waals surface area contributed by atoms with Gasteiger partial charge in [-0.25, -0.2) is 0 Å². The minimum absolute atomic E-state index is 0.0371. The summed E-state index contributed by atoms with van der Waals surface area (Å²) in [6, 6.07) is 15.8. The van der Waals surface area contributed by atoms with Gasteiger partial charge in [0.2, 0.25) is 0 Å². The minimum Gasteiger partial charge on any atom is -0.484 e. The van der Waals surface area contributed by atoms with Crippen molar-refractivity contribution in [2.24, 2.45) is 10.9 Å². The molecule has 0 saturated heterocycles. The maximum atomic E-state index is 12.3. The van der Waals surface area contributed by atoms with Crippen molar-refractivity contribution in [3.8, 4) is 5.75 Å². The molecule has 0 fully saturated rings. The number of aromatic nitrogens is 2. The van der Waals surface area contributed by atoms with Crippen molar-refractivity contribution in [3.63, 3.8) is 0 Å². The highest BCUT2D eigenvalue weighted by atomic mass is 19.4. The van der Waals surface area contributed by atoms with Gasteiger partial charge in [-0.3, -0.25) is 4.68 Å². The molecule has 3 aromatic rings. The quantitative estimate of drug-likeness (QED) is 0.327. The second-order valence-electron chi connectivity index (χ2n) is 7.09. The zero-order valence-corrected chi connectivity index (χ0v) is 17.2. The molecule has 0 radical (unpaired) electrons. The van der Waals surface area contributed by atoms with Crippen molar-refractivity contribution in [1.29, 1.82) is 0 Å². The first-order valence-electron chi connectivity index (χ1n) is 9.54. The summed E-state index contributed by atoms with van der Waals surface area (Å²) in [4.78, 5) is 5.28. The first-order chi connectivity index (χ1) is 14.7. The first-order valence-corrected chi connectivity index (χ1v) is 9.54. The predicted molar refractivity (Wildman–Crippen MR) is 111 cm³/mol. The van der Waals surface area contributed by atoms with Crippen molar-refractivity contribution in [2.75, 3.05) is 6.61 Å². The number of rotatable bonds is 8. The van der Waals surface area contributed by atoms with Crippen LogP contribution in [0.25, 0.3) is 0 Å². The van der Waals surface area contributed by atoms with Crippen LogP contribution in [0.3, 0.4) is 0 Å². The molecular weight excluding hydrogens is 409 g/mol. The molecule has 0 saturated carbocycles. The van der Waals surface area contributed by atoms with E-state index in [1.165, 1.54) is 12.1 Å². The number of hydrogen-bond acceptors (Lipinski definition) is 4. The third kappa shape index (κ3) is 6.77. The molecular formula is C22H23F3N4O2. The molecule has 6 nitrogen and oxygen atoms in total. The van der Waals surface area contributed by atoms with Crippen molar-refractivity contribution >= 4 is 5.84 Å². The van der Waals surface area contributed by atoms with Crippen LogP contribution in [-0.2, 0) is 18.0 Å². The number of halogens is 3. The van der Waals surface area contributed by atoms with Gasteiger partial charge in [0.05, 0.1) is 12.2 Å². The maximum Gasteiger partial charge on any atom is 0.422 e. The van der Waals surface area contributed by atoms with E-state index in [9.17, 15) is 13.2 Å². The van der Waals surface area contributed by atoms with Crippen molar-refractivity contribution < 1.29 is 22.7 Å². The summed E-state index contributed by atoms with van der Waals surface area (Å²) in [6.45, 7) is 3.23. The minimum atomic E-state index is -4.39. The van der Waals surface area contributed by atoms with E-state index < -0.39 is 12.8 Å². The SMILES string of the molecule is Cc1cc(C)n(Cc2cccc(/C(N)=N/OCc3cccc(OCC(F)(F)F)c3)c2)n1. The molecule has 1 heterocycles. The number of amidine groups is 1. The Labute approximate surface area is 178 Å². The number of oxime groups is 1. The monoisotopic (exact) mass is 432 g/mol. The fourth-order valence-corrected chi connectivity index (χ4v) is 2.96. The molecule has 0 aliphatic heterocycles. The van der Waals surface area contributed by atoms with E-state index in [2.05, 4.69) is 10.3 Å². The topological polar surface area (TPSA) is 74.7 Å². The van der Waals surface area contributed by atoms with E-state index in [-0.39, 0.29) is 18.2 Å². The van der Waals surface area contributed by atoms with Gasteiger partial charge in [-0.2, -0.15) is 18.3 Å². The fourth-order valence-electron chi connectivity index (χ4n) is 2.96. The second kappa shape index (κ2) is 9.55. The van der Waals surface area contributed by atoms with Gasteiger partial charge in [-0.1, -0.05) is 35.5 Å². The van der Waals surface area contributed by atoms with Crippen LogP contribution in [0.4, 0.5) is 13.2 Å². The van der Waals surface area contributed by atoms with Gasteiger partial charge in [0, 0.05) is 11.3 Å². The summed E-state index contributed by atoms with van der Waals surface area (Å²) >= 11 is 0. The number of alkyl halides is 3. The van der Waals surface area contributed by atoms with Crippen molar-refractivity contribution in [1.82, 2.24) is 9.78 Å². The number of hydrogen-bond donors (Lipinski definition) is 1. The van der Waals surface area contributed by atoms with Crippen LogP contribution < -0.4 is 10.5 Å². The van der Waals surface area contributed by atoms with E-state index in [0.717, 1.165) is 17.0 Å². The molecule has 164 valence electrons. The standard InChI is InChI=1S/C22H23F3N4O2/c1-15-9-16(2)29(27-15)12-17-5-3-7-19(10-17)21(26)28-31-13-18-6-4-8-20(11-18)30-14-22(23,24)25/h3-11H,12-14H2,1-2H3,(H2,26,28). The fraction of sp³-hybridized carbons (Fsp3) is 0.273. The summed E-state index contributed by atoms with van der Waals surface area (Å²) in [5.41, 5.74) is 10.4. The van der Waals surface area contributed by atoms with Crippen LogP contribution >= 0.6 is 0 Å². The molecule has 0 bridgehead atoms. The zero-order valence-electron chi connectivity index (χ0n) is 17.2. The Kier molecular flexibility index (Phi) is 6.84. The summed E-state index contributed by atoms with van der Waals surface area (Å²) < 4.78 is 43.5. The molecule has 1 aromatic heterocycles. The second-order valence-corrected chi connectivity index (χ2v) is 7.09. The number of aryl methyl sites for hydroxylation is 2. The van der Waals surface area contributed by atoms with Gasteiger partial charge < -0.3 is 15.3 Å². The Morgan fingerprint density at radius 1 is 1.06 bits per heavy atom. The van der Waals surface area contributed by atoms with Crippen LogP contribution in [-0.4, -0.2) is 28.4 Å². The highest BCUT2D eigenvalue weighted by molar-refractivity contribution is 5.97. The predicted octanol–water partition coefficient (Wildman–Crippen LogP) is 4.33. The summed E-state index contributed by atoms with van der Waals surface area (Å²) in [5.74, 6) is 0.298. The van der Waals surface area contributed by atoms with Gasteiger partial charge in [-0.15, -0.1) is 0 Å². The molecule has 3 rings (SSSR count). The Balaban J connectivity index is 1.60. The third-order valence-electron chi connectivity index (χ3n) is 4.35. The molecule has 2 aromatic carbocycles. The molecule has 31 heavy (non-hydrogen) atoms. The average molecular weight is 432 g/mol. The first kappa shape index (κ1) is 22.2. The summed E-state index contributed by atoms with van der Waals surface area (Å²) in [6.07, 6.45) is -4.39. The largest absolute Gasteiger partial charge is 0.484 e. The van der Waals surface area contributed by atoms with Crippen LogP contribution in [0.2, 0.25) is 0 Å². The number of nitrogens with zero attached hydrogens (tertiary/aromatic N) is 3. The van der Waals surface area contributed by atoms with E-state index in [1.807, 2.05) is 48.9 Å². The number of nitrogens with two attached hydrogens (primary N) is 1. The smallest absolute Gasteiger partial charge is 0.422 e. The average Bonchev–Trinajstić information content (AvgIpc) is 3.03. The lowest BCUT2D eigenvalue weighted by molar-refractivity contribution is -0.153. The Hall–Kier alpha value is -3.49. The number of ether oxygens (including phenoxy) is 1. The Morgan fingerprint density at radius 2 is 1.81 bits per heavy atom. The molecule has 0 atom stereocenters. The molecule has 9 heteroatoms. The molecule has 0 unspecified atom stereocenters. The Bertz CT molecular complexity index is 1060. The van der Waals surface area contributed by atoms with Gasteiger partial charge >= 0.3 is 6.18 Å². The van der Waals surface area contributed by atoms with Crippen LogP contribution in [0.15, 0.2) is 59.8 Å². The number of benzene rings is 2. The van der Waals surface area contributed by atoms with Crippen LogP contribution in [0.1, 0.15) is 28.1 Å². The van der Waals surface area contributed by atoms with Gasteiger partial charge in [0.25, 0.3) is 0 Å². The maximum absolute atomic E-state index is 12.3. The molecule has 0 amide bonds. The molecule has 0 spiro atoms. The summed E-state index contributed by atoms with van der Waals surface area (Å²) in [5, 5.41) is 8.38. The van der Waals surface area contributed by atoms with Crippen molar-refractivity contribution in [3.05, 3.63) is 82.7 Å². The van der Waals surface area contributed by atoms with Gasteiger partial charge in [0.1, 0.15) is 12.4 Å². The lowest BCUT2D eigenvalue weighted by Gasteiger charge is -2.10. The third-order valence-corrected chi connectivity index (χ3v) is 4.35.